The zero-order chi connectivity index (χ0) is 12.1. The summed E-state index contributed by atoms with van der Waals surface area (Å²) >= 11 is 1.38. The zero-order valence-corrected chi connectivity index (χ0v) is 10.6. The van der Waals surface area contributed by atoms with Gasteiger partial charge in [-0.15, -0.1) is 0 Å². The van der Waals surface area contributed by atoms with Gasteiger partial charge in [0.25, 0.3) is 0 Å². The second-order valence-corrected chi connectivity index (χ2v) is 6.29. The fourth-order valence-electron chi connectivity index (χ4n) is 0.943. The first-order valence-corrected chi connectivity index (χ1v) is 7.26. The topological polar surface area (TPSA) is 90.2 Å². The van der Waals surface area contributed by atoms with Crippen molar-refractivity contribution in [1.29, 1.82) is 5.26 Å². The molecule has 0 fully saturated rings. The van der Waals surface area contributed by atoms with Crippen molar-refractivity contribution < 1.29 is 13.5 Å². The molecule has 0 radical (unpaired) electrons. The highest BCUT2D eigenvalue weighted by molar-refractivity contribution is 7.99. The number of aliphatic hydroxyl groups excluding tert-OH is 1. The third kappa shape index (κ3) is 4.38. The Labute approximate surface area is 94.9 Å². The van der Waals surface area contributed by atoms with Gasteiger partial charge in [-0.1, -0.05) is 0 Å². The summed E-state index contributed by atoms with van der Waals surface area (Å²) < 4.78 is 25.3. The Morgan fingerprint density at radius 2 is 2.07 bits per heavy atom. The van der Waals surface area contributed by atoms with E-state index < -0.39 is 21.3 Å². The van der Waals surface area contributed by atoms with Crippen LogP contribution >= 0.6 is 11.8 Å². The molecule has 0 spiro atoms. The van der Waals surface area contributed by atoms with E-state index in [0.717, 1.165) is 0 Å². The Bertz CT molecular complexity index is 319. The van der Waals surface area contributed by atoms with Gasteiger partial charge in [0.2, 0.25) is 10.0 Å². The van der Waals surface area contributed by atoms with E-state index in [0.29, 0.717) is 0 Å². The van der Waals surface area contributed by atoms with Crippen LogP contribution in [0.1, 0.15) is 13.8 Å². The molecule has 0 rings (SSSR count). The molecule has 7 heteroatoms. The monoisotopic (exact) mass is 252 g/mol. The van der Waals surface area contributed by atoms with Crippen molar-refractivity contribution in [3.63, 3.8) is 0 Å². The Hall–Kier alpha value is -0.290. The number of hydrogen-bond acceptors (Lipinski definition) is 5. The van der Waals surface area contributed by atoms with Crippen LogP contribution in [0.2, 0.25) is 0 Å². The summed E-state index contributed by atoms with van der Waals surface area (Å²) in [6, 6.07) is 1.27. The van der Waals surface area contributed by atoms with Gasteiger partial charge < -0.3 is 5.11 Å². The third-order valence-electron chi connectivity index (χ3n) is 2.04. The van der Waals surface area contributed by atoms with Crippen LogP contribution in [0.15, 0.2) is 0 Å². The molecular weight excluding hydrogens is 236 g/mol. The van der Waals surface area contributed by atoms with Crippen molar-refractivity contribution >= 4 is 21.8 Å². The van der Waals surface area contributed by atoms with E-state index in [-0.39, 0.29) is 11.9 Å². The number of aliphatic hydroxyl groups is 1. The molecule has 3 atom stereocenters. The van der Waals surface area contributed by atoms with Gasteiger partial charge in [0, 0.05) is 11.3 Å². The maximum Gasteiger partial charge on any atom is 0.227 e. The molecule has 5 nitrogen and oxygen atoms in total. The van der Waals surface area contributed by atoms with Crippen molar-refractivity contribution in [2.75, 3.05) is 12.9 Å². The molecular formula is C8H16N2O3S2. The highest BCUT2D eigenvalue weighted by Crippen LogP contribution is 2.12. The van der Waals surface area contributed by atoms with Crippen LogP contribution in [0.3, 0.4) is 0 Å². The fraction of sp³-hybridized carbons (Fsp3) is 0.875. The average molecular weight is 252 g/mol. The quantitative estimate of drug-likeness (QED) is 0.690. The minimum Gasteiger partial charge on any atom is -0.395 e. The van der Waals surface area contributed by atoms with Gasteiger partial charge in [0.1, 0.15) is 0 Å². The van der Waals surface area contributed by atoms with E-state index in [1.165, 1.54) is 18.7 Å². The summed E-state index contributed by atoms with van der Waals surface area (Å²) in [5.41, 5.74) is 0. The van der Waals surface area contributed by atoms with Crippen LogP contribution in [-0.2, 0) is 10.0 Å². The lowest BCUT2D eigenvalue weighted by Crippen LogP contribution is -2.44. The summed E-state index contributed by atoms with van der Waals surface area (Å²) in [4.78, 5) is 0. The third-order valence-corrected chi connectivity index (χ3v) is 4.94. The smallest absolute Gasteiger partial charge is 0.227 e. The Morgan fingerprint density at radius 1 is 1.53 bits per heavy atom. The molecule has 88 valence electrons. The van der Waals surface area contributed by atoms with Crippen LogP contribution in [0, 0.1) is 11.3 Å². The normalized spacial score (nSPS) is 17.8. The van der Waals surface area contributed by atoms with E-state index in [4.69, 9.17) is 10.4 Å². The van der Waals surface area contributed by atoms with E-state index >= 15 is 0 Å². The zero-order valence-electron chi connectivity index (χ0n) is 8.97. The second kappa shape index (κ2) is 6.33. The molecule has 0 bridgehead atoms. The summed E-state index contributed by atoms with van der Waals surface area (Å²) in [6.45, 7) is 2.88. The molecule has 0 aromatic carbocycles. The van der Waals surface area contributed by atoms with Crippen molar-refractivity contribution in [2.45, 2.75) is 30.4 Å². The molecule has 0 amide bonds. The number of thioether (sulfide) groups is 1. The van der Waals surface area contributed by atoms with Crippen molar-refractivity contribution in [2.24, 2.45) is 0 Å². The van der Waals surface area contributed by atoms with Gasteiger partial charge in [-0.3, -0.25) is 0 Å². The molecule has 0 aromatic heterocycles. The largest absolute Gasteiger partial charge is 0.395 e. The predicted octanol–water partition coefficient (Wildman–Crippen LogP) is -0.0697. The standard InChI is InChI=1S/C8H16N2O3S2/c1-6(4-9)15(12,13)10-7(2)8(5-11)14-3/h6-8,10-11H,5H2,1-3H3. The van der Waals surface area contributed by atoms with Gasteiger partial charge in [-0.05, 0) is 20.1 Å². The number of nitrogens with zero attached hydrogens (tertiary/aromatic N) is 1. The summed E-state index contributed by atoms with van der Waals surface area (Å²) in [7, 11) is -3.61. The van der Waals surface area contributed by atoms with Crippen LogP contribution in [0.5, 0.6) is 0 Å². The maximum atomic E-state index is 11.5. The van der Waals surface area contributed by atoms with Gasteiger partial charge in [-0.25, -0.2) is 13.1 Å². The molecule has 0 aliphatic rings. The highest BCUT2D eigenvalue weighted by atomic mass is 32.2. The lowest BCUT2D eigenvalue weighted by atomic mass is 10.3. The van der Waals surface area contributed by atoms with Gasteiger partial charge >= 0.3 is 0 Å². The molecule has 2 N–H and O–H groups in total. The minimum atomic E-state index is -3.61. The number of rotatable bonds is 6. The Kier molecular flexibility index (Phi) is 6.20. The molecule has 0 saturated carbocycles. The molecule has 0 aliphatic heterocycles. The second-order valence-electron chi connectivity index (χ2n) is 3.18. The minimum absolute atomic E-state index is 0.105. The van der Waals surface area contributed by atoms with Crippen LogP contribution < -0.4 is 4.72 Å². The summed E-state index contributed by atoms with van der Waals surface area (Å²) in [5.74, 6) is 0. The number of sulfonamides is 1. The molecule has 0 heterocycles. The lowest BCUT2D eigenvalue weighted by Gasteiger charge is -2.21. The number of nitriles is 1. The van der Waals surface area contributed by atoms with Crippen LogP contribution in [-0.4, -0.2) is 42.9 Å². The van der Waals surface area contributed by atoms with Crippen LogP contribution in [0.25, 0.3) is 0 Å². The van der Waals surface area contributed by atoms with E-state index in [1.807, 2.05) is 0 Å². The van der Waals surface area contributed by atoms with E-state index in [1.54, 1.807) is 19.2 Å². The van der Waals surface area contributed by atoms with Gasteiger partial charge in [0.15, 0.2) is 5.25 Å². The first-order valence-electron chi connectivity index (χ1n) is 4.43. The molecule has 15 heavy (non-hydrogen) atoms. The maximum absolute atomic E-state index is 11.5. The highest BCUT2D eigenvalue weighted by Gasteiger charge is 2.25. The molecule has 0 saturated heterocycles. The Morgan fingerprint density at radius 3 is 2.40 bits per heavy atom. The molecule has 0 aromatic rings. The fourth-order valence-corrected chi connectivity index (χ4v) is 2.68. The van der Waals surface area contributed by atoms with Crippen molar-refractivity contribution in [3.05, 3.63) is 0 Å². The summed E-state index contributed by atoms with van der Waals surface area (Å²) in [6.07, 6.45) is 1.79. The summed E-state index contributed by atoms with van der Waals surface area (Å²) in [5, 5.41) is 16.2. The first-order chi connectivity index (χ1) is 6.88. The number of nitrogens with one attached hydrogen (secondary N) is 1. The van der Waals surface area contributed by atoms with Crippen LogP contribution in [0.4, 0.5) is 0 Å². The molecule has 3 unspecified atom stereocenters. The first kappa shape index (κ1) is 14.7. The van der Waals surface area contributed by atoms with Crippen molar-refractivity contribution in [3.8, 4) is 6.07 Å². The Balaban J connectivity index is 4.54. The predicted molar refractivity (Wildman–Crippen MR) is 61.0 cm³/mol. The van der Waals surface area contributed by atoms with Crippen molar-refractivity contribution in [1.82, 2.24) is 4.72 Å². The van der Waals surface area contributed by atoms with Gasteiger partial charge in [0.05, 0.1) is 12.7 Å². The van der Waals surface area contributed by atoms with E-state index in [9.17, 15) is 8.42 Å². The average Bonchev–Trinajstić information content (AvgIpc) is 2.17. The SMILES string of the molecule is CSC(CO)C(C)NS(=O)(=O)C(C)C#N. The number of hydrogen-bond donors (Lipinski definition) is 2. The lowest BCUT2D eigenvalue weighted by molar-refractivity contribution is 0.282. The van der Waals surface area contributed by atoms with E-state index in [2.05, 4.69) is 4.72 Å². The van der Waals surface area contributed by atoms with Gasteiger partial charge in [-0.2, -0.15) is 17.0 Å². The molecule has 0 aliphatic carbocycles.